The molecule has 28 heavy (non-hydrogen) atoms. The Morgan fingerprint density at radius 2 is 2.04 bits per heavy atom. The summed E-state index contributed by atoms with van der Waals surface area (Å²) in [7, 11) is 0. The minimum atomic E-state index is -0.249. The molecule has 1 saturated heterocycles. The number of rotatable bonds is 8. The van der Waals surface area contributed by atoms with E-state index in [2.05, 4.69) is 33.2 Å². The number of anilines is 1. The fraction of sp³-hybridized carbons (Fsp3) is 0.364. The monoisotopic (exact) mass is 380 g/mol. The number of likely N-dealkylation sites (tertiary alicyclic amines) is 1. The highest BCUT2D eigenvalue weighted by atomic mass is 16.5. The number of piperidine rings is 1. The van der Waals surface area contributed by atoms with Crippen molar-refractivity contribution in [1.29, 1.82) is 0 Å². The maximum atomic E-state index is 12.5. The molecule has 148 valence electrons. The van der Waals surface area contributed by atoms with Gasteiger partial charge in [-0.25, -0.2) is 4.79 Å². The highest BCUT2D eigenvalue weighted by molar-refractivity contribution is 5.90. The molecule has 1 aromatic heterocycles. The van der Waals surface area contributed by atoms with Gasteiger partial charge in [0, 0.05) is 18.9 Å². The lowest BCUT2D eigenvalue weighted by atomic mass is 10.0. The smallest absolute Gasteiger partial charge is 0.319 e. The van der Waals surface area contributed by atoms with Crippen molar-refractivity contribution in [2.24, 2.45) is 0 Å². The van der Waals surface area contributed by atoms with Crippen LogP contribution in [0.1, 0.15) is 30.9 Å². The Kier molecular flexibility index (Phi) is 7.44. The molecule has 3 rings (SSSR count). The number of urea groups is 1. The fourth-order valence-corrected chi connectivity index (χ4v) is 3.46. The van der Waals surface area contributed by atoms with E-state index in [-0.39, 0.29) is 12.1 Å². The summed E-state index contributed by atoms with van der Waals surface area (Å²) in [6, 6.07) is 11.3. The van der Waals surface area contributed by atoms with Gasteiger partial charge in [-0.2, -0.15) is 0 Å². The molecule has 0 aliphatic carbocycles. The first kappa shape index (κ1) is 19.9. The topological polar surface area (TPSA) is 66.5 Å². The first-order valence-electron chi connectivity index (χ1n) is 9.79. The molecule has 1 atom stereocenters. The third-order valence-electron chi connectivity index (χ3n) is 4.85. The van der Waals surface area contributed by atoms with Crippen LogP contribution in [0.5, 0.6) is 5.75 Å². The molecular formula is C22H28N4O2. The summed E-state index contributed by atoms with van der Waals surface area (Å²) >= 11 is 0. The van der Waals surface area contributed by atoms with Crippen molar-refractivity contribution in [3.8, 4) is 5.75 Å². The van der Waals surface area contributed by atoms with E-state index in [1.165, 1.54) is 19.3 Å². The van der Waals surface area contributed by atoms with E-state index in [1.807, 2.05) is 36.5 Å². The van der Waals surface area contributed by atoms with Gasteiger partial charge in [-0.1, -0.05) is 37.3 Å². The molecule has 2 N–H and O–H groups in total. The van der Waals surface area contributed by atoms with E-state index in [4.69, 9.17) is 4.74 Å². The number of para-hydroxylation sites is 2. The van der Waals surface area contributed by atoms with Gasteiger partial charge in [-0.15, -0.1) is 0 Å². The number of aromatic nitrogens is 1. The third-order valence-corrected chi connectivity index (χ3v) is 4.85. The molecule has 6 heteroatoms. The molecule has 1 aliphatic heterocycles. The summed E-state index contributed by atoms with van der Waals surface area (Å²) in [6.07, 6.45) is 8.99. The van der Waals surface area contributed by atoms with E-state index in [1.54, 1.807) is 12.3 Å². The van der Waals surface area contributed by atoms with Crippen LogP contribution in [0.4, 0.5) is 10.5 Å². The maximum Gasteiger partial charge on any atom is 0.319 e. The molecule has 2 aromatic rings. The number of hydrogen-bond donors (Lipinski definition) is 2. The number of pyridine rings is 1. The predicted molar refractivity (Wildman–Crippen MR) is 112 cm³/mol. The van der Waals surface area contributed by atoms with Gasteiger partial charge in [0.25, 0.3) is 0 Å². The molecular weight excluding hydrogens is 352 g/mol. The molecule has 2 amide bonds. The van der Waals surface area contributed by atoms with Gasteiger partial charge in [0.05, 0.1) is 11.7 Å². The Morgan fingerprint density at radius 1 is 1.21 bits per heavy atom. The van der Waals surface area contributed by atoms with Crippen molar-refractivity contribution in [2.75, 3.05) is 31.6 Å². The third kappa shape index (κ3) is 5.57. The predicted octanol–water partition coefficient (Wildman–Crippen LogP) is 4.00. The lowest BCUT2D eigenvalue weighted by molar-refractivity contribution is 0.161. The number of nitrogens with zero attached hydrogens (tertiary/aromatic N) is 2. The number of hydrogen-bond acceptors (Lipinski definition) is 4. The van der Waals surface area contributed by atoms with E-state index >= 15 is 0 Å². The molecule has 1 aliphatic rings. The van der Waals surface area contributed by atoms with Crippen LogP contribution in [-0.4, -0.2) is 42.2 Å². The van der Waals surface area contributed by atoms with E-state index in [9.17, 15) is 4.79 Å². The summed E-state index contributed by atoms with van der Waals surface area (Å²) in [4.78, 5) is 19.2. The molecule has 1 aromatic carbocycles. The molecule has 1 fully saturated rings. The Bertz CT molecular complexity index is 760. The molecule has 2 heterocycles. The number of amides is 2. The standard InChI is InChI=1S/C22H28N4O2/c1-2-15-28-21-11-5-4-10-19(21)25-22(27)24-17-20(18-9-8-12-23-16-18)26-13-6-3-7-14-26/h2,4-5,8-12,16,20H,1,3,6-7,13-15,17H2,(H2,24,25,27). The van der Waals surface area contributed by atoms with E-state index < -0.39 is 0 Å². The average Bonchev–Trinajstić information content (AvgIpc) is 2.75. The van der Waals surface area contributed by atoms with Crippen molar-refractivity contribution in [3.05, 3.63) is 67.0 Å². The average molecular weight is 380 g/mol. The van der Waals surface area contributed by atoms with Crippen LogP contribution in [0.2, 0.25) is 0 Å². The van der Waals surface area contributed by atoms with Crippen LogP contribution in [0.15, 0.2) is 61.4 Å². The second-order valence-corrected chi connectivity index (χ2v) is 6.83. The zero-order valence-corrected chi connectivity index (χ0v) is 16.1. The van der Waals surface area contributed by atoms with Crippen LogP contribution in [0.25, 0.3) is 0 Å². The van der Waals surface area contributed by atoms with Gasteiger partial charge in [-0.05, 0) is 49.7 Å². The van der Waals surface area contributed by atoms with Crippen molar-refractivity contribution in [1.82, 2.24) is 15.2 Å². The van der Waals surface area contributed by atoms with E-state index in [0.717, 1.165) is 18.7 Å². The molecule has 6 nitrogen and oxygen atoms in total. The highest BCUT2D eigenvalue weighted by Crippen LogP contribution is 2.25. The molecule has 1 unspecified atom stereocenters. The van der Waals surface area contributed by atoms with Crippen LogP contribution >= 0.6 is 0 Å². The molecule has 0 bridgehead atoms. The van der Waals surface area contributed by atoms with E-state index in [0.29, 0.717) is 24.6 Å². The number of ether oxygens (including phenoxy) is 1. The first-order valence-corrected chi connectivity index (χ1v) is 9.79. The Balaban J connectivity index is 1.63. The first-order chi connectivity index (χ1) is 13.8. The second kappa shape index (κ2) is 10.5. The van der Waals surface area contributed by atoms with Crippen LogP contribution in [0, 0.1) is 0 Å². The number of nitrogens with one attached hydrogen (secondary N) is 2. The Labute approximate surface area is 166 Å². The highest BCUT2D eigenvalue weighted by Gasteiger charge is 2.23. The number of carbonyl (C=O) groups is 1. The summed E-state index contributed by atoms with van der Waals surface area (Å²) < 4.78 is 5.60. The summed E-state index contributed by atoms with van der Waals surface area (Å²) in [5.41, 5.74) is 1.76. The second-order valence-electron chi connectivity index (χ2n) is 6.83. The van der Waals surface area contributed by atoms with Crippen LogP contribution < -0.4 is 15.4 Å². The molecule has 0 spiro atoms. The van der Waals surface area contributed by atoms with Crippen molar-refractivity contribution in [2.45, 2.75) is 25.3 Å². The zero-order valence-electron chi connectivity index (χ0n) is 16.1. The lowest BCUT2D eigenvalue weighted by Gasteiger charge is -2.34. The Morgan fingerprint density at radius 3 is 2.79 bits per heavy atom. The summed E-state index contributed by atoms with van der Waals surface area (Å²) in [5, 5.41) is 5.90. The van der Waals surface area contributed by atoms with Gasteiger partial charge < -0.3 is 15.4 Å². The fourth-order valence-electron chi connectivity index (χ4n) is 3.46. The quantitative estimate of drug-likeness (QED) is 0.680. The largest absolute Gasteiger partial charge is 0.487 e. The van der Waals surface area contributed by atoms with Gasteiger partial charge >= 0.3 is 6.03 Å². The summed E-state index contributed by atoms with van der Waals surface area (Å²) in [5.74, 6) is 0.623. The SMILES string of the molecule is C=CCOc1ccccc1NC(=O)NCC(c1cccnc1)N1CCCCC1. The normalized spacial score (nSPS) is 15.4. The van der Waals surface area contributed by atoms with Crippen LogP contribution in [-0.2, 0) is 0 Å². The van der Waals surface area contributed by atoms with Gasteiger partial charge in [0.1, 0.15) is 12.4 Å². The minimum Gasteiger partial charge on any atom is -0.487 e. The maximum absolute atomic E-state index is 12.5. The lowest BCUT2D eigenvalue weighted by Crippen LogP contribution is -2.41. The minimum absolute atomic E-state index is 0.118. The van der Waals surface area contributed by atoms with Gasteiger partial charge in [-0.3, -0.25) is 9.88 Å². The van der Waals surface area contributed by atoms with Gasteiger partial charge in [0.2, 0.25) is 0 Å². The van der Waals surface area contributed by atoms with Gasteiger partial charge in [0.15, 0.2) is 0 Å². The summed E-state index contributed by atoms with van der Waals surface area (Å²) in [6.45, 7) is 6.65. The Hall–Kier alpha value is -2.86. The number of benzene rings is 1. The molecule has 0 saturated carbocycles. The van der Waals surface area contributed by atoms with Crippen molar-refractivity contribution >= 4 is 11.7 Å². The molecule has 0 radical (unpaired) electrons. The van der Waals surface area contributed by atoms with Crippen LogP contribution in [0.3, 0.4) is 0 Å². The van der Waals surface area contributed by atoms with Crippen molar-refractivity contribution < 1.29 is 9.53 Å². The number of carbonyl (C=O) groups excluding carboxylic acids is 1. The zero-order chi connectivity index (χ0) is 19.6. The van der Waals surface area contributed by atoms with Crippen molar-refractivity contribution in [3.63, 3.8) is 0 Å².